The number of carboxylic acid groups (broad SMARTS) is 1. The summed E-state index contributed by atoms with van der Waals surface area (Å²) in [6.07, 6.45) is 2.97. The predicted octanol–water partition coefficient (Wildman–Crippen LogP) is 2.17. The van der Waals surface area contributed by atoms with Gasteiger partial charge in [0.1, 0.15) is 11.3 Å². The first-order chi connectivity index (χ1) is 9.99. The predicted molar refractivity (Wildman–Crippen MR) is 78.6 cm³/mol. The van der Waals surface area contributed by atoms with Crippen LogP contribution in [0.4, 0.5) is 9.80 Å². The maximum absolute atomic E-state index is 11.8. The monoisotopic (exact) mass is 306 g/mol. The molecule has 0 saturated heterocycles. The van der Waals surface area contributed by atoms with Gasteiger partial charge in [0.15, 0.2) is 0 Å². The van der Waals surface area contributed by atoms with Crippen LogP contribution in [0.2, 0.25) is 0 Å². The molecule has 0 spiro atoms. The van der Waals surface area contributed by atoms with Crippen molar-refractivity contribution in [1.82, 2.24) is 15.3 Å². The first-order valence-corrected chi connectivity index (χ1v) is 6.93. The number of urea groups is 1. The zero-order chi connectivity index (χ0) is 15.4. The molecule has 2 aromatic heterocycles. The Bertz CT molecular complexity index is 670. The third kappa shape index (κ3) is 3.54. The summed E-state index contributed by atoms with van der Waals surface area (Å²) in [5.41, 5.74) is 1.46. The Morgan fingerprint density at radius 2 is 2.14 bits per heavy atom. The van der Waals surface area contributed by atoms with Crippen molar-refractivity contribution >= 4 is 28.3 Å². The van der Waals surface area contributed by atoms with Gasteiger partial charge in [-0.3, -0.25) is 5.32 Å². The fourth-order valence-corrected chi connectivity index (χ4v) is 2.76. The van der Waals surface area contributed by atoms with E-state index in [1.165, 1.54) is 17.7 Å². The summed E-state index contributed by atoms with van der Waals surface area (Å²) in [5.74, 6) is -1.05. The Morgan fingerprint density at radius 3 is 2.76 bits per heavy atom. The lowest BCUT2D eigenvalue weighted by atomic mass is 10.1. The van der Waals surface area contributed by atoms with E-state index in [0.29, 0.717) is 16.3 Å². The SMILES string of the molecule is Cc1sc(NC(=O)NCc2ccncn2)c(C(=O)O)c1C. The van der Waals surface area contributed by atoms with E-state index in [4.69, 9.17) is 0 Å². The maximum Gasteiger partial charge on any atom is 0.338 e. The highest BCUT2D eigenvalue weighted by Gasteiger charge is 2.20. The smallest absolute Gasteiger partial charge is 0.338 e. The number of thiophene rings is 1. The maximum atomic E-state index is 11.8. The minimum atomic E-state index is -1.05. The molecule has 2 aromatic rings. The van der Waals surface area contributed by atoms with Crippen molar-refractivity contribution in [1.29, 1.82) is 0 Å². The second kappa shape index (κ2) is 6.31. The first kappa shape index (κ1) is 14.9. The Kier molecular flexibility index (Phi) is 4.49. The van der Waals surface area contributed by atoms with E-state index < -0.39 is 12.0 Å². The molecular weight excluding hydrogens is 292 g/mol. The molecule has 2 amide bonds. The molecule has 0 aliphatic carbocycles. The van der Waals surface area contributed by atoms with E-state index >= 15 is 0 Å². The average molecular weight is 306 g/mol. The van der Waals surface area contributed by atoms with Crippen LogP contribution in [0, 0.1) is 13.8 Å². The lowest BCUT2D eigenvalue weighted by Crippen LogP contribution is -2.28. The molecule has 0 bridgehead atoms. The number of nitrogens with one attached hydrogen (secondary N) is 2. The van der Waals surface area contributed by atoms with Crippen molar-refractivity contribution in [2.75, 3.05) is 5.32 Å². The van der Waals surface area contributed by atoms with Crippen LogP contribution >= 0.6 is 11.3 Å². The van der Waals surface area contributed by atoms with Gasteiger partial charge in [0.05, 0.1) is 17.8 Å². The van der Waals surface area contributed by atoms with Gasteiger partial charge in [-0.05, 0) is 25.5 Å². The molecule has 3 N–H and O–H groups in total. The van der Waals surface area contributed by atoms with Crippen LogP contribution < -0.4 is 10.6 Å². The Labute approximate surface area is 125 Å². The van der Waals surface area contributed by atoms with Crippen LogP contribution in [-0.2, 0) is 6.54 Å². The van der Waals surface area contributed by atoms with Crippen LogP contribution in [-0.4, -0.2) is 27.1 Å². The molecule has 0 radical (unpaired) electrons. The molecule has 0 atom stereocenters. The summed E-state index contributed by atoms with van der Waals surface area (Å²) in [6.45, 7) is 3.77. The standard InChI is InChI=1S/C13H14N4O3S/c1-7-8(2)21-11(10(7)12(18)19)17-13(20)15-5-9-3-4-14-6-16-9/h3-4,6H,5H2,1-2H3,(H,18,19)(H2,15,17,20). The van der Waals surface area contributed by atoms with Crippen LogP contribution in [0.15, 0.2) is 18.6 Å². The van der Waals surface area contributed by atoms with Crippen LogP contribution in [0.1, 0.15) is 26.5 Å². The number of aromatic nitrogens is 2. The van der Waals surface area contributed by atoms with Gasteiger partial charge in [0.2, 0.25) is 0 Å². The number of anilines is 1. The fraction of sp³-hybridized carbons (Fsp3) is 0.231. The van der Waals surface area contributed by atoms with Gasteiger partial charge in [-0.1, -0.05) is 0 Å². The van der Waals surface area contributed by atoms with Crippen molar-refractivity contribution in [3.63, 3.8) is 0 Å². The number of hydrogen-bond donors (Lipinski definition) is 3. The number of carbonyl (C=O) groups is 2. The van der Waals surface area contributed by atoms with Crippen molar-refractivity contribution in [2.45, 2.75) is 20.4 Å². The highest BCUT2D eigenvalue weighted by molar-refractivity contribution is 7.16. The minimum absolute atomic E-state index is 0.134. The molecule has 0 aromatic carbocycles. The summed E-state index contributed by atoms with van der Waals surface area (Å²) >= 11 is 1.24. The van der Waals surface area contributed by atoms with Crippen molar-refractivity contribution in [3.05, 3.63) is 40.3 Å². The number of carbonyl (C=O) groups excluding carboxylic acids is 1. The molecule has 2 heterocycles. The summed E-state index contributed by atoms with van der Waals surface area (Å²) in [4.78, 5) is 31.7. The molecule has 0 aliphatic rings. The number of aryl methyl sites for hydroxylation is 1. The molecule has 110 valence electrons. The zero-order valence-electron chi connectivity index (χ0n) is 11.5. The van der Waals surface area contributed by atoms with Gasteiger partial charge in [-0.25, -0.2) is 19.6 Å². The molecule has 2 rings (SSSR count). The fourth-order valence-electron chi connectivity index (χ4n) is 1.71. The summed E-state index contributed by atoms with van der Waals surface area (Å²) < 4.78 is 0. The van der Waals surface area contributed by atoms with Gasteiger partial charge in [-0.2, -0.15) is 0 Å². The Morgan fingerprint density at radius 1 is 1.38 bits per heavy atom. The van der Waals surface area contributed by atoms with Gasteiger partial charge >= 0.3 is 12.0 Å². The molecule has 7 nitrogen and oxygen atoms in total. The normalized spacial score (nSPS) is 10.2. The van der Waals surface area contributed by atoms with Gasteiger partial charge < -0.3 is 10.4 Å². The summed E-state index contributed by atoms with van der Waals surface area (Å²) in [5, 5.41) is 14.7. The molecular formula is C13H14N4O3S. The molecule has 0 saturated carbocycles. The third-order valence-corrected chi connectivity index (χ3v) is 4.02. The summed E-state index contributed by atoms with van der Waals surface area (Å²) in [6, 6.07) is 1.21. The van der Waals surface area contributed by atoms with Crippen LogP contribution in [0.3, 0.4) is 0 Å². The number of rotatable bonds is 4. The van der Waals surface area contributed by atoms with Gasteiger partial charge in [0, 0.05) is 11.1 Å². The average Bonchev–Trinajstić information content (AvgIpc) is 2.72. The molecule has 0 aliphatic heterocycles. The number of hydrogen-bond acceptors (Lipinski definition) is 5. The van der Waals surface area contributed by atoms with E-state index in [9.17, 15) is 14.7 Å². The van der Waals surface area contributed by atoms with E-state index in [1.807, 2.05) is 6.92 Å². The van der Waals surface area contributed by atoms with Gasteiger partial charge in [0.25, 0.3) is 0 Å². The molecule has 8 heteroatoms. The quantitative estimate of drug-likeness (QED) is 0.803. The lowest BCUT2D eigenvalue weighted by Gasteiger charge is -2.06. The van der Waals surface area contributed by atoms with E-state index in [0.717, 1.165) is 4.88 Å². The number of carboxylic acids is 1. The van der Waals surface area contributed by atoms with E-state index in [1.54, 1.807) is 19.2 Å². The zero-order valence-corrected chi connectivity index (χ0v) is 12.3. The van der Waals surface area contributed by atoms with Crippen LogP contribution in [0.25, 0.3) is 0 Å². The largest absolute Gasteiger partial charge is 0.478 e. The second-order valence-corrected chi connectivity index (χ2v) is 5.53. The van der Waals surface area contributed by atoms with Crippen molar-refractivity contribution in [2.24, 2.45) is 0 Å². The molecule has 21 heavy (non-hydrogen) atoms. The molecule has 0 unspecified atom stereocenters. The summed E-state index contributed by atoms with van der Waals surface area (Å²) in [7, 11) is 0. The van der Waals surface area contributed by atoms with Crippen LogP contribution in [0.5, 0.6) is 0 Å². The van der Waals surface area contributed by atoms with Crippen molar-refractivity contribution < 1.29 is 14.7 Å². The Hall–Kier alpha value is -2.48. The lowest BCUT2D eigenvalue weighted by molar-refractivity contribution is 0.0697. The third-order valence-electron chi connectivity index (χ3n) is 2.90. The van der Waals surface area contributed by atoms with Crippen molar-refractivity contribution in [3.8, 4) is 0 Å². The highest BCUT2D eigenvalue weighted by atomic mass is 32.1. The molecule has 0 fully saturated rings. The van der Waals surface area contributed by atoms with E-state index in [-0.39, 0.29) is 12.1 Å². The topological polar surface area (TPSA) is 104 Å². The van der Waals surface area contributed by atoms with Gasteiger partial charge in [-0.15, -0.1) is 11.3 Å². The first-order valence-electron chi connectivity index (χ1n) is 6.12. The number of aromatic carboxylic acids is 1. The Balaban J connectivity index is 2.03. The highest BCUT2D eigenvalue weighted by Crippen LogP contribution is 2.32. The second-order valence-electron chi connectivity index (χ2n) is 4.30. The minimum Gasteiger partial charge on any atom is -0.478 e. The number of amides is 2. The number of nitrogens with zero attached hydrogens (tertiary/aromatic N) is 2. The van der Waals surface area contributed by atoms with E-state index in [2.05, 4.69) is 20.6 Å².